The van der Waals surface area contributed by atoms with Crippen LogP contribution in [0.5, 0.6) is 0 Å². The van der Waals surface area contributed by atoms with E-state index in [1.807, 2.05) is 48.9 Å². The molecule has 31 heavy (non-hydrogen) atoms. The predicted molar refractivity (Wildman–Crippen MR) is 120 cm³/mol. The van der Waals surface area contributed by atoms with Crippen LogP contribution < -0.4 is 5.32 Å². The highest BCUT2D eigenvalue weighted by Gasteiger charge is 2.26. The lowest BCUT2D eigenvalue weighted by atomic mass is 10.1. The van der Waals surface area contributed by atoms with Crippen LogP contribution >= 0.6 is 0 Å². The average molecular weight is 441 g/mol. The molecule has 1 aromatic heterocycles. The molecule has 0 aliphatic heterocycles. The van der Waals surface area contributed by atoms with Crippen LogP contribution in [0, 0.1) is 13.8 Å². The fourth-order valence-corrected chi connectivity index (χ4v) is 4.61. The zero-order chi connectivity index (χ0) is 22.3. The van der Waals surface area contributed by atoms with Gasteiger partial charge in [-0.3, -0.25) is 4.79 Å². The van der Waals surface area contributed by atoms with Crippen LogP contribution in [-0.4, -0.2) is 41.3 Å². The van der Waals surface area contributed by atoms with Crippen LogP contribution in [0.15, 0.2) is 72.1 Å². The maximum atomic E-state index is 13.3. The molecule has 0 saturated heterocycles. The van der Waals surface area contributed by atoms with Gasteiger partial charge in [-0.1, -0.05) is 47.5 Å². The number of amides is 1. The Kier molecular flexibility index (Phi) is 7.59. The first-order chi connectivity index (χ1) is 14.8. The molecule has 2 aromatic carbocycles. The third-order valence-electron chi connectivity index (χ3n) is 4.89. The highest BCUT2D eigenvalue weighted by Crippen LogP contribution is 2.19. The Hall–Kier alpha value is -2.97. The Labute approximate surface area is 183 Å². The minimum Gasteiger partial charge on any atom is -0.355 e. The second-order valence-corrected chi connectivity index (χ2v) is 9.52. The topological polar surface area (TPSA) is 84.3 Å². The second-order valence-electron chi connectivity index (χ2n) is 7.58. The largest absolute Gasteiger partial charge is 0.355 e. The zero-order valence-electron chi connectivity index (χ0n) is 17.9. The first kappa shape index (κ1) is 22.7. The Bertz CT molecular complexity index is 1090. The van der Waals surface area contributed by atoms with Crippen molar-refractivity contribution in [2.24, 2.45) is 0 Å². The molecular formula is C23H28N4O3S. The number of imidazole rings is 1. The first-order valence-electron chi connectivity index (χ1n) is 10.2. The van der Waals surface area contributed by atoms with Crippen molar-refractivity contribution in [3.8, 4) is 0 Å². The number of nitrogens with one attached hydrogen (secondary N) is 1. The lowest BCUT2D eigenvalue weighted by Crippen LogP contribution is -2.40. The van der Waals surface area contributed by atoms with E-state index in [9.17, 15) is 13.2 Å². The van der Waals surface area contributed by atoms with Crippen LogP contribution in [0.4, 0.5) is 0 Å². The summed E-state index contributed by atoms with van der Waals surface area (Å²) in [6, 6.07) is 14.3. The molecule has 1 heterocycles. The van der Waals surface area contributed by atoms with E-state index in [0.29, 0.717) is 6.54 Å². The molecule has 0 bridgehead atoms. The smallest absolute Gasteiger partial charge is 0.243 e. The lowest BCUT2D eigenvalue weighted by molar-refractivity contribution is -0.121. The molecule has 164 valence electrons. The van der Waals surface area contributed by atoms with Crippen molar-refractivity contribution in [2.45, 2.75) is 38.3 Å². The monoisotopic (exact) mass is 440 g/mol. The van der Waals surface area contributed by atoms with E-state index in [4.69, 9.17) is 0 Å². The molecule has 0 spiro atoms. The minimum absolute atomic E-state index is 0.125. The molecule has 0 saturated carbocycles. The summed E-state index contributed by atoms with van der Waals surface area (Å²) >= 11 is 0. The number of hydrogen-bond donors (Lipinski definition) is 1. The number of carbonyl (C=O) groups is 1. The molecule has 0 unspecified atom stereocenters. The van der Waals surface area contributed by atoms with Gasteiger partial charge in [-0.25, -0.2) is 13.4 Å². The quantitative estimate of drug-likeness (QED) is 0.491. The molecule has 8 heteroatoms. The number of carbonyl (C=O) groups excluding carboxylic acids is 1. The number of nitrogens with zero attached hydrogens (tertiary/aromatic N) is 3. The number of hydrogen-bond acceptors (Lipinski definition) is 4. The summed E-state index contributed by atoms with van der Waals surface area (Å²) in [5.41, 5.74) is 2.84. The second kappa shape index (κ2) is 10.4. The van der Waals surface area contributed by atoms with Gasteiger partial charge in [-0.15, -0.1) is 0 Å². The first-order valence-corrected chi connectivity index (χ1v) is 11.6. The van der Waals surface area contributed by atoms with Crippen molar-refractivity contribution in [3.63, 3.8) is 0 Å². The minimum atomic E-state index is -3.83. The van der Waals surface area contributed by atoms with Gasteiger partial charge in [-0.05, 0) is 38.0 Å². The maximum absolute atomic E-state index is 13.3. The fraction of sp³-hybridized carbons (Fsp3) is 0.304. The predicted octanol–water partition coefficient (Wildman–Crippen LogP) is 2.90. The van der Waals surface area contributed by atoms with E-state index < -0.39 is 10.0 Å². The van der Waals surface area contributed by atoms with Crippen LogP contribution in [-0.2, 0) is 27.9 Å². The standard InChI is InChI=1S/C23H28N4O3S/c1-19-7-9-22(10-8-19)31(29,30)27(16-21-6-3-5-20(2)15-21)17-23(28)25-11-4-13-26-14-12-24-18-26/h3,5-10,12,14-15,18H,4,11,13,16-17H2,1-2H3,(H,25,28). The van der Waals surface area contributed by atoms with E-state index in [1.54, 1.807) is 36.8 Å². The molecule has 7 nitrogen and oxygen atoms in total. The van der Waals surface area contributed by atoms with Crippen molar-refractivity contribution >= 4 is 15.9 Å². The number of benzene rings is 2. The molecule has 3 rings (SSSR count). The van der Waals surface area contributed by atoms with Crippen LogP contribution in [0.3, 0.4) is 0 Å². The van der Waals surface area contributed by atoms with E-state index in [-0.39, 0.29) is 23.9 Å². The molecule has 0 atom stereocenters. The van der Waals surface area contributed by atoms with Crippen LogP contribution in [0.1, 0.15) is 23.1 Å². The Morgan fingerprint density at radius 2 is 1.87 bits per heavy atom. The molecule has 1 N–H and O–H groups in total. The summed E-state index contributed by atoms with van der Waals surface area (Å²) in [5.74, 6) is -0.325. The highest BCUT2D eigenvalue weighted by molar-refractivity contribution is 7.89. The summed E-state index contributed by atoms with van der Waals surface area (Å²) < 4.78 is 29.7. The third kappa shape index (κ3) is 6.50. The highest BCUT2D eigenvalue weighted by atomic mass is 32.2. The molecule has 3 aromatic rings. The van der Waals surface area contributed by atoms with Gasteiger partial charge >= 0.3 is 0 Å². The SMILES string of the molecule is Cc1ccc(S(=O)(=O)N(CC(=O)NCCCn2ccnc2)Cc2cccc(C)c2)cc1. The molecule has 0 aliphatic rings. The van der Waals surface area contributed by atoms with Gasteiger partial charge in [0.05, 0.1) is 17.8 Å². The van der Waals surface area contributed by atoms with Crippen molar-refractivity contribution < 1.29 is 13.2 Å². The molecule has 0 aliphatic carbocycles. The average Bonchev–Trinajstić information content (AvgIpc) is 3.25. The number of rotatable bonds is 10. The van der Waals surface area contributed by atoms with Gasteiger partial charge in [0.25, 0.3) is 0 Å². The van der Waals surface area contributed by atoms with Crippen molar-refractivity contribution in [3.05, 3.63) is 83.9 Å². The van der Waals surface area contributed by atoms with Gasteiger partial charge in [0, 0.05) is 32.0 Å². The summed E-state index contributed by atoms with van der Waals surface area (Å²) in [6.07, 6.45) is 6.02. The van der Waals surface area contributed by atoms with Crippen molar-refractivity contribution in [2.75, 3.05) is 13.1 Å². The van der Waals surface area contributed by atoms with Gasteiger partial charge in [-0.2, -0.15) is 4.31 Å². The summed E-state index contributed by atoms with van der Waals surface area (Å²) in [6.45, 7) is 4.93. The Balaban J connectivity index is 1.70. The fourth-order valence-electron chi connectivity index (χ4n) is 3.22. The lowest BCUT2D eigenvalue weighted by Gasteiger charge is -2.22. The zero-order valence-corrected chi connectivity index (χ0v) is 18.7. The van der Waals surface area contributed by atoms with E-state index in [0.717, 1.165) is 29.7 Å². The number of aromatic nitrogens is 2. The molecule has 1 amide bonds. The Morgan fingerprint density at radius 3 is 2.55 bits per heavy atom. The number of aryl methyl sites for hydroxylation is 3. The van der Waals surface area contributed by atoms with Gasteiger partial charge in [0.2, 0.25) is 15.9 Å². The number of sulfonamides is 1. The molecule has 0 fully saturated rings. The maximum Gasteiger partial charge on any atom is 0.243 e. The van der Waals surface area contributed by atoms with Gasteiger partial charge in [0.15, 0.2) is 0 Å². The van der Waals surface area contributed by atoms with Crippen molar-refractivity contribution in [1.29, 1.82) is 0 Å². The van der Waals surface area contributed by atoms with Crippen molar-refractivity contribution in [1.82, 2.24) is 19.2 Å². The van der Waals surface area contributed by atoms with Crippen LogP contribution in [0.2, 0.25) is 0 Å². The van der Waals surface area contributed by atoms with E-state index in [2.05, 4.69) is 10.3 Å². The normalized spacial score (nSPS) is 11.6. The van der Waals surface area contributed by atoms with E-state index >= 15 is 0 Å². The summed E-state index contributed by atoms with van der Waals surface area (Å²) in [4.78, 5) is 16.7. The van der Waals surface area contributed by atoms with Crippen LogP contribution in [0.25, 0.3) is 0 Å². The van der Waals surface area contributed by atoms with Gasteiger partial charge in [0.1, 0.15) is 0 Å². The van der Waals surface area contributed by atoms with E-state index in [1.165, 1.54) is 4.31 Å². The summed E-state index contributed by atoms with van der Waals surface area (Å²) in [7, 11) is -3.83. The third-order valence-corrected chi connectivity index (χ3v) is 6.70. The molecular weight excluding hydrogens is 412 g/mol. The molecule has 0 radical (unpaired) electrons. The Morgan fingerprint density at radius 1 is 1.10 bits per heavy atom. The van der Waals surface area contributed by atoms with Gasteiger partial charge < -0.3 is 9.88 Å². The summed E-state index contributed by atoms with van der Waals surface area (Å²) in [5, 5.41) is 2.83.